The Kier molecular flexibility index (Phi) is 5.22. The number of methoxy groups -OCH3 is 1. The van der Waals surface area contributed by atoms with Gasteiger partial charge in [0.25, 0.3) is 0 Å². The van der Waals surface area contributed by atoms with Crippen LogP contribution in [0.15, 0.2) is 53.1 Å². The SMILES string of the molecule is COc1ccc(CC(=O)NNC(=O)Cc2coc3cc(C)ccc23)cc1. The van der Waals surface area contributed by atoms with E-state index in [1.165, 1.54) is 0 Å². The molecule has 0 bridgehead atoms. The Morgan fingerprint density at radius 1 is 1.00 bits per heavy atom. The first-order valence-electron chi connectivity index (χ1n) is 8.22. The number of hydrazine groups is 1. The minimum absolute atomic E-state index is 0.124. The number of aryl methyl sites for hydroxylation is 1. The molecule has 0 radical (unpaired) electrons. The first kappa shape index (κ1) is 17.5. The second-order valence-corrected chi connectivity index (χ2v) is 6.06. The Hall–Kier alpha value is -3.28. The highest BCUT2D eigenvalue weighted by atomic mass is 16.5. The van der Waals surface area contributed by atoms with Crippen molar-refractivity contribution in [3.8, 4) is 5.75 Å². The van der Waals surface area contributed by atoms with Crippen molar-refractivity contribution in [1.29, 1.82) is 0 Å². The molecule has 2 N–H and O–H groups in total. The normalized spacial score (nSPS) is 10.5. The molecule has 0 spiro atoms. The van der Waals surface area contributed by atoms with Gasteiger partial charge in [0.15, 0.2) is 0 Å². The van der Waals surface area contributed by atoms with Crippen LogP contribution in [0.5, 0.6) is 5.75 Å². The summed E-state index contributed by atoms with van der Waals surface area (Å²) in [6.45, 7) is 1.98. The molecule has 0 fully saturated rings. The third-order valence-corrected chi connectivity index (χ3v) is 4.03. The van der Waals surface area contributed by atoms with Crippen molar-refractivity contribution in [3.05, 3.63) is 65.4 Å². The largest absolute Gasteiger partial charge is 0.497 e. The smallest absolute Gasteiger partial charge is 0.242 e. The number of furan rings is 1. The van der Waals surface area contributed by atoms with Gasteiger partial charge in [-0.2, -0.15) is 0 Å². The molecule has 0 unspecified atom stereocenters. The summed E-state index contributed by atoms with van der Waals surface area (Å²) in [5, 5.41) is 0.898. The Morgan fingerprint density at radius 3 is 2.38 bits per heavy atom. The minimum atomic E-state index is -0.309. The van der Waals surface area contributed by atoms with Gasteiger partial charge in [0.2, 0.25) is 11.8 Å². The molecule has 0 saturated carbocycles. The van der Waals surface area contributed by atoms with Crippen LogP contribution in [0.25, 0.3) is 11.0 Å². The van der Waals surface area contributed by atoms with Gasteiger partial charge in [0, 0.05) is 10.9 Å². The summed E-state index contributed by atoms with van der Waals surface area (Å²) in [6.07, 6.45) is 1.86. The van der Waals surface area contributed by atoms with Gasteiger partial charge in [-0.1, -0.05) is 24.3 Å². The van der Waals surface area contributed by atoms with Crippen molar-refractivity contribution >= 4 is 22.8 Å². The summed E-state index contributed by atoms with van der Waals surface area (Å²) in [6, 6.07) is 13.0. The quantitative estimate of drug-likeness (QED) is 0.692. The maximum absolute atomic E-state index is 12.1. The highest BCUT2D eigenvalue weighted by Gasteiger charge is 2.11. The molecular weight excluding hydrogens is 332 g/mol. The van der Waals surface area contributed by atoms with E-state index in [9.17, 15) is 9.59 Å². The average molecular weight is 352 g/mol. The number of nitrogens with one attached hydrogen (secondary N) is 2. The lowest BCUT2D eigenvalue weighted by Crippen LogP contribution is -2.43. The third-order valence-electron chi connectivity index (χ3n) is 4.03. The zero-order valence-electron chi connectivity index (χ0n) is 14.7. The molecule has 6 nitrogen and oxygen atoms in total. The van der Waals surface area contributed by atoms with E-state index in [2.05, 4.69) is 10.9 Å². The van der Waals surface area contributed by atoms with E-state index in [4.69, 9.17) is 9.15 Å². The zero-order chi connectivity index (χ0) is 18.5. The standard InChI is InChI=1S/C20H20N2O4/c1-13-3-8-17-15(12-26-18(17)9-13)11-20(24)22-21-19(23)10-14-4-6-16(25-2)7-5-14/h3-9,12H,10-11H2,1-2H3,(H,21,23)(H,22,24). The lowest BCUT2D eigenvalue weighted by Gasteiger charge is -2.07. The molecule has 6 heteroatoms. The van der Waals surface area contributed by atoms with Crippen LogP contribution >= 0.6 is 0 Å². The lowest BCUT2D eigenvalue weighted by molar-refractivity contribution is -0.128. The van der Waals surface area contributed by atoms with Crippen LogP contribution in [0, 0.1) is 6.92 Å². The molecule has 134 valence electrons. The molecule has 26 heavy (non-hydrogen) atoms. The van der Waals surface area contributed by atoms with Gasteiger partial charge in [0.05, 0.1) is 26.2 Å². The van der Waals surface area contributed by atoms with Crippen LogP contribution in [0.3, 0.4) is 0 Å². The number of benzene rings is 2. The number of fused-ring (bicyclic) bond motifs is 1. The van der Waals surface area contributed by atoms with Crippen LogP contribution in [-0.4, -0.2) is 18.9 Å². The molecule has 3 rings (SSSR count). The summed E-state index contributed by atoms with van der Waals surface area (Å²) in [7, 11) is 1.58. The molecule has 0 saturated heterocycles. The summed E-state index contributed by atoms with van der Waals surface area (Å²) >= 11 is 0. The topological polar surface area (TPSA) is 80.6 Å². The van der Waals surface area contributed by atoms with Crippen molar-refractivity contribution in [3.63, 3.8) is 0 Å². The van der Waals surface area contributed by atoms with Gasteiger partial charge in [-0.25, -0.2) is 0 Å². The fourth-order valence-electron chi connectivity index (χ4n) is 2.66. The molecule has 0 aliphatic carbocycles. The van der Waals surface area contributed by atoms with Crippen molar-refractivity contribution < 1.29 is 18.7 Å². The number of carbonyl (C=O) groups is 2. The summed E-state index contributed by atoms with van der Waals surface area (Å²) in [4.78, 5) is 24.0. The molecule has 3 aromatic rings. The van der Waals surface area contributed by atoms with Gasteiger partial charge in [-0.05, 0) is 36.2 Å². The van der Waals surface area contributed by atoms with Crippen LogP contribution in [-0.2, 0) is 22.4 Å². The van der Waals surface area contributed by atoms with Gasteiger partial charge in [-0.15, -0.1) is 0 Å². The highest BCUT2D eigenvalue weighted by Crippen LogP contribution is 2.22. The highest BCUT2D eigenvalue weighted by molar-refractivity contribution is 5.89. The number of amides is 2. The van der Waals surface area contributed by atoms with E-state index in [0.29, 0.717) is 0 Å². The van der Waals surface area contributed by atoms with E-state index in [-0.39, 0.29) is 24.7 Å². The summed E-state index contributed by atoms with van der Waals surface area (Å²) < 4.78 is 10.6. The summed E-state index contributed by atoms with van der Waals surface area (Å²) in [5.41, 5.74) is 8.31. The minimum Gasteiger partial charge on any atom is -0.497 e. The number of hydrogen-bond acceptors (Lipinski definition) is 4. The van der Waals surface area contributed by atoms with Crippen LogP contribution in [0.4, 0.5) is 0 Å². The lowest BCUT2D eigenvalue weighted by atomic mass is 10.1. The monoisotopic (exact) mass is 352 g/mol. The zero-order valence-corrected chi connectivity index (χ0v) is 14.7. The maximum Gasteiger partial charge on any atom is 0.242 e. The van der Waals surface area contributed by atoms with Crippen molar-refractivity contribution in [2.75, 3.05) is 7.11 Å². The van der Waals surface area contributed by atoms with Crippen molar-refractivity contribution in [1.82, 2.24) is 10.9 Å². The van der Waals surface area contributed by atoms with Gasteiger partial charge < -0.3 is 9.15 Å². The van der Waals surface area contributed by atoms with Gasteiger partial charge in [0.1, 0.15) is 11.3 Å². The molecule has 0 atom stereocenters. The fourth-order valence-corrected chi connectivity index (χ4v) is 2.66. The van der Waals surface area contributed by atoms with Gasteiger partial charge >= 0.3 is 0 Å². The average Bonchev–Trinajstić information content (AvgIpc) is 3.02. The first-order valence-corrected chi connectivity index (χ1v) is 8.22. The second kappa shape index (κ2) is 7.74. The van der Waals surface area contributed by atoms with E-state index in [0.717, 1.165) is 33.4 Å². The Labute approximate surface area is 151 Å². The van der Waals surface area contributed by atoms with Gasteiger partial charge in [-0.3, -0.25) is 20.4 Å². The Bertz CT molecular complexity index is 929. The number of carbonyl (C=O) groups excluding carboxylic acids is 2. The predicted molar refractivity (Wildman–Crippen MR) is 97.6 cm³/mol. The van der Waals surface area contributed by atoms with Crippen LogP contribution in [0.1, 0.15) is 16.7 Å². The van der Waals surface area contributed by atoms with Crippen molar-refractivity contribution in [2.45, 2.75) is 19.8 Å². The molecule has 2 aromatic carbocycles. The van der Waals surface area contributed by atoms with E-state index in [1.54, 1.807) is 37.6 Å². The Balaban J connectivity index is 1.52. The third kappa shape index (κ3) is 4.22. The number of rotatable bonds is 5. The molecule has 2 amide bonds. The van der Waals surface area contributed by atoms with Crippen LogP contribution in [0.2, 0.25) is 0 Å². The summed E-state index contributed by atoms with van der Waals surface area (Å²) in [5.74, 6) is 0.123. The van der Waals surface area contributed by atoms with Crippen LogP contribution < -0.4 is 15.6 Å². The van der Waals surface area contributed by atoms with E-state index in [1.807, 2.05) is 25.1 Å². The maximum atomic E-state index is 12.1. The molecular formula is C20H20N2O4. The first-order chi connectivity index (χ1) is 12.5. The second-order valence-electron chi connectivity index (χ2n) is 6.06. The molecule has 0 aliphatic heterocycles. The fraction of sp³-hybridized carbons (Fsp3) is 0.200. The number of ether oxygens (including phenoxy) is 1. The van der Waals surface area contributed by atoms with E-state index >= 15 is 0 Å². The van der Waals surface area contributed by atoms with Crippen molar-refractivity contribution in [2.24, 2.45) is 0 Å². The molecule has 1 aromatic heterocycles. The molecule has 1 heterocycles. The molecule has 0 aliphatic rings. The Morgan fingerprint density at radius 2 is 1.69 bits per heavy atom. The predicted octanol–water partition coefficient (Wildman–Crippen LogP) is 2.68. The number of hydrogen-bond donors (Lipinski definition) is 2. The van der Waals surface area contributed by atoms with E-state index < -0.39 is 0 Å².